The van der Waals surface area contributed by atoms with Crippen molar-refractivity contribution in [2.75, 3.05) is 0 Å². The van der Waals surface area contributed by atoms with E-state index in [0.29, 0.717) is 0 Å². The van der Waals surface area contributed by atoms with Crippen LogP contribution in [0.15, 0.2) is 65.7 Å². The van der Waals surface area contributed by atoms with Crippen LogP contribution in [0.2, 0.25) is 0 Å². The molecule has 3 rings (SSSR count). The number of amides is 1. The first kappa shape index (κ1) is 11.2. The first-order valence-corrected chi connectivity index (χ1v) is 6.62. The van der Waals surface area contributed by atoms with E-state index in [2.05, 4.69) is 4.99 Å². The molecule has 0 N–H and O–H groups in total. The van der Waals surface area contributed by atoms with Crippen molar-refractivity contribution in [3.8, 4) is 0 Å². The lowest BCUT2D eigenvalue weighted by atomic mass is 10.1. The largest absolute Gasteiger partial charge is 0.271 e. The minimum absolute atomic E-state index is 0.0648. The molecule has 1 aliphatic rings. The maximum absolute atomic E-state index is 12.0. The molecular weight excluding hydrogens is 242 g/mol. The van der Waals surface area contributed by atoms with Crippen LogP contribution in [0.4, 0.5) is 0 Å². The van der Waals surface area contributed by atoms with E-state index in [-0.39, 0.29) is 11.2 Å². The summed E-state index contributed by atoms with van der Waals surface area (Å²) in [7, 11) is 0. The zero-order valence-corrected chi connectivity index (χ0v) is 10.4. The first-order valence-electron chi connectivity index (χ1n) is 5.74. The third-order valence-corrected chi connectivity index (χ3v) is 4.05. The Morgan fingerprint density at radius 3 is 2.17 bits per heavy atom. The SMILES string of the molecule is O=C1N=C(c2ccccc2)S[C@H]1c1ccccc1. The number of thioether (sulfide) groups is 1. The van der Waals surface area contributed by atoms with Crippen LogP contribution in [0.5, 0.6) is 0 Å². The van der Waals surface area contributed by atoms with E-state index in [1.807, 2.05) is 60.7 Å². The third-order valence-electron chi connectivity index (χ3n) is 2.79. The normalized spacial score (nSPS) is 18.8. The number of carbonyl (C=O) groups excluding carboxylic acids is 1. The van der Waals surface area contributed by atoms with Gasteiger partial charge in [0.05, 0.1) is 0 Å². The molecular formula is C15H11NOS. The summed E-state index contributed by atoms with van der Waals surface area (Å²) < 4.78 is 0. The molecule has 2 aromatic rings. The molecule has 2 aromatic carbocycles. The summed E-state index contributed by atoms with van der Waals surface area (Å²) >= 11 is 1.53. The van der Waals surface area contributed by atoms with Gasteiger partial charge < -0.3 is 0 Å². The number of hydrogen-bond acceptors (Lipinski definition) is 2. The molecule has 3 heteroatoms. The molecule has 0 radical (unpaired) electrons. The molecule has 2 nitrogen and oxygen atoms in total. The lowest BCUT2D eigenvalue weighted by Gasteiger charge is -2.06. The van der Waals surface area contributed by atoms with Gasteiger partial charge in [-0.3, -0.25) is 4.79 Å². The number of hydrogen-bond donors (Lipinski definition) is 0. The molecule has 1 aliphatic heterocycles. The van der Waals surface area contributed by atoms with Crippen LogP contribution in [0.1, 0.15) is 16.4 Å². The fourth-order valence-electron chi connectivity index (χ4n) is 1.90. The maximum Gasteiger partial charge on any atom is 0.264 e. The van der Waals surface area contributed by atoms with Crippen molar-refractivity contribution in [3.05, 3.63) is 71.8 Å². The standard InChI is InChI=1S/C15H11NOS/c17-14-13(11-7-3-1-4-8-11)18-15(16-14)12-9-5-2-6-10-12/h1-10,13H/t13-/m0/s1. The minimum atomic E-state index is -0.193. The Morgan fingerprint density at radius 1 is 0.889 bits per heavy atom. The van der Waals surface area contributed by atoms with Gasteiger partial charge in [0.15, 0.2) is 0 Å². The summed E-state index contributed by atoms with van der Waals surface area (Å²) in [6.07, 6.45) is 0. The van der Waals surface area contributed by atoms with E-state index in [1.54, 1.807) is 0 Å². The third kappa shape index (κ3) is 2.09. The Labute approximate surface area is 110 Å². The molecule has 18 heavy (non-hydrogen) atoms. The maximum atomic E-state index is 12.0. The second-order valence-electron chi connectivity index (χ2n) is 4.03. The highest BCUT2D eigenvalue weighted by molar-refractivity contribution is 8.15. The zero-order valence-electron chi connectivity index (χ0n) is 9.61. The Balaban J connectivity index is 1.88. The van der Waals surface area contributed by atoms with Gasteiger partial charge in [0.2, 0.25) is 0 Å². The van der Waals surface area contributed by atoms with Gasteiger partial charge in [-0.1, -0.05) is 72.4 Å². The molecule has 1 amide bonds. The van der Waals surface area contributed by atoms with E-state index in [1.165, 1.54) is 11.8 Å². The van der Waals surface area contributed by atoms with Gasteiger partial charge in [0.1, 0.15) is 10.3 Å². The van der Waals surface area contributed by atoms with Crippen LogP contribution in [-0.2, 0) is 4.79 Å². The van der Waals surface area contributed by atoms with Crippen molar-refractivity contribution in [1.82, 2.24) is 0 Å². The molecule has 0 aliphatic carbocycles. The predicted octanol–water partition coefficient (Wildman–Crippen LogP) is 3.45. The molecule has 1 atom stereocenters. The molecule has 88 valence electrons. The molecule has 0 bridgehead atoms. The lowest BCUT2D eigenvalue weighted by Crippen LogP contribution is -2.00. The number of nitrogens with zero attached hydrogens (tertiary/aromatic N) is 1. The van der Waals surface area contributed by atoms with E-state index in [9.17, 15) is 4.79 Å². The van der Waals surface area contributed by atoms with Crippen LogP contribution < -0.4 is 0 Å². The van der Waals surface area contributed by atoms with Crippen LogP contribution in [0.25, 0.3) is 0 Å². The number of rotatable bonds is 2. The second kappa shape index (κ2) is 4.78. The molecule has 0 saturated carbocycles. The Morgan fingerprint density at radius 2 is 1.50 bits per heavy atom. The molecule has 0 aromatic heterocycles. The van der Waals surface area contributed by atoms with Crippen molar-refractivity contribution in [2.45, 2.75) is 5.25 Å². The van der Waals surface area contributed by atoms with E-state index >= 15 is 0 Å². The summed E-state index contributed by atoms with van der Waals surface area (Å²) in [6.45, 7) is 0. The van der Waals surface area contributed by atoms with Crippen LogP contribution in [0, 0.1) is 0 Å². The van der Waals surface area contributed by atoms with E-state index in [4.69, 9.17) is 0 Å². The molecule has 0 fully saturated rings. The average Bonchev–Trinajstić information content (AvgIpc) is 2.83. The van der Waals surface area contributed by atoms with E-state index in [0.717, 1.165) is 16.2 Å². The fourth-order valence-corrected chi connectivity index (χ4v) is 2.98. The van der Waals surface area contributed by atoms with Crippen molar-refractivity contribution < 1.29 is 4.79 Å². The summed E-state index contributed by atoms with van der Waals surface area (Å²) in [5.41, 5.74) is 2.02. The van der Waals surface area contributed by atoms with Crippen LogP contribution in [-0.4, -0.2) is 11.0 Å². The summed E-state index contributed by atoms with van der Waals surface area (Å²) in [4.78, 5) is 16.1. The zero-order chi connectivity index (χ0) is 12.4. The quantitative estimate of drug-likeness (QED) is 0.820. The van der Waals surface area contributed by atoms with Crippen molar-refractivity contribution in [3.63, 3.8) is 0 Å². The monoisotopic (exact) mass is 253 g/mol. The van der Waals surface area contributed by atoms with Crippen LogP contribution in [0.3, 0.4) is 0 Å². The van der Waals surface area contributed by atoms with Crippen molar-refractivity contribution in [2.24, 2.45) is 4.99 Å². The van der Waals surface area contributed by atoms with Gasteiger partial charge in [-0.15, -0.1) is 0 Å². The Bertz CT molecular complexity index is 592. The molecule has 0 saturated heterocycles. The summed E-state index contributed by atoms with van der Waals surface area (Å²) in [5, 5.41) is 0.621. The minimum Gasteiger partial charge on any atom is -0.271 e. The number of benzene rings is 2. The second-order valence-corrected chi connectivity index (χ2v) is 5.12. The van der Waals surface area contributed by atoms with Crippen molar-refractivity contribution in [1.29, 1.82) is 0 Å². The Kier molecular flexibility index (Phi) is 2.99. The molecule has 0 spiro atoms. The fraction of sp³-hybridized carbons (Fsp3) is 0.0667. The van der Waals surface area contributed by atoms with Gasteiger partial charge in [-0.25, -0.2) is 4.99 Å². The highest BCUT2D eigenvalue weighted by Crippen LogP contribution is 2.38. The predicted molar refractivity (Wildman–Crippen MR) is 74.8 cm³/mol. The first-order chi connectivity index (χ1) is 8.84. The smallest absolute Gasteiger partial charge is 0.264 e. The van der Waals surface area contributed by atoms with Gasteiger partial charge in [0, 0.05) is 5.56 Å². The van der Waals surface area contributed by atoms with Crippen LogP contribution >= 0.6 is 11.8 Å². The van der Waals surface area contributed by atoms with Gasteiger partial charge in [-0.05, 0) is 5.56 Å². The summed E-state index contributed by atoms with van der Waals surface area (Å²) in [5.74, 6) is -0.0648. The average molecular weight is 253 g/mol. The highest BCUT2D eigenvalue weighted by Gasteiger charge is 2.30. The number of carbonyl (C=O) groups is 1. The molecule has 1 heterocycles. The van der Waals surface area contributed by atoms with Gasteiger partial charge in [-0.2, -0.15) is 0 Å². The van der Waals surface area contributed by atoms with Gasteiger partial charge in [0.25, 0.3) is 5.91 Å². The highest BCUT2D eigenvalue weighted by atomic mass is 32.2. The topological polar surface area (TPSA) is 29.4 Å². The number of aliphatic imine (C=N–C) groups is 1. The van der Waals surface area contributed by atoms with Gasteiger partial charge >= 0.3 is 0 Å². The Hall–Kier alpha value is -1.87. The lowest BCUT2D eigenvalue weighted by molar-refractivity contribution is -0.117. The summed E-state index contributed by atoms with van der Waals surface area (Å²) in [6, 6.07) is 19.6. The van der Waals surface area contributed by atoms with E-state index < -0.39 is 0 Å². The van der Waals surface area contributed by atoms with Crippen molar-refractivity contribution >= 4 is 22.7 Å². The molecule has 0 unspecified atom stereocenters.